The van der Waals surface area contributed by atoms with Crippen molar-refractivity contribution < 1.29 is 9.53 Å². The van der Waals surface area contributed by atoms with E-state index in [0.29, 0.717) is 5.91 Å². The highest BCUT2D eigenvalue weighted by molar-refractivity contribution is 5.85. The van der Waals surface area contributed by atoms with Gasteiger partial charge in [0.15, 0.2) is 0 Å². The van der Waals surface area contributed by atoms with Gasteiger partial charge in [0, 0.05) is 19.7 Å². The maximum atomic E-state index is 13.3. The number of benzene rings is 1. The number of likely N-dealkylation sites (tertiary alicyclic amines) is 1. The van der Waals surface area contributed by atoms with Crippen LogP contribution in [0.2, 0.25) is 0 Å². The summed E-state index contributed by atoms with van der Waals surface area (Å²) in [5.74, 6) is 1.81. The molecule has 5 heteroatoms. The summed E-state index contributed by atoms with van der Waals surface area (Å²) in [6.45, 7) is 6.95. The summed E-state index contributed by atoms with van der Waals surface area (Å²) in [6.07, 6.45) is 4.15. The predicted octanol–water partition coefficient (Wildman–Crippen LogP) is 3.34. The Kier molecular flexibility index (Phi) is 6.60. The topological polar surface area (TPSA) is 41.6 Å². The monoisotopic (exact) mass is 378 g/mol. The number of amides is 1. The lowest BCUT2D eigenvalue weighted by Crippen LogP contribution is -2.41. The summed E-state index contributed by atoms with van der Waals surface area (Å²) in [6, 6.07) is 8.50. The van der Waals surface area contributed by atoms with Gasteiger partial charge in [0.1, 0.15) is 0 Å². The number of carbonyl (C=O) groups is 1. The van der Waals surface area contributed by atoms with Gasteiger partial charge >= 0.3 is 0 Å². The molecule has 3 fully saturated rings. The molecule has 3 aliphatic rings. The van der Waals surface area contributed by atoms with Gasteiger partial charge in [-0.2, -0.15) is 0 Å². The SMILES string of the molecule is Cc1ccc(C2OCCCC2C(=O)N2CC[C@@H]3CNC[C@@H]3CC2)cc1.Cl. The van der Waals surface area contributed by atoms with Crippen LogP contribution >= 0.6 is 12.4 Å². The molecule has 3 aliphatic heterocycles. The molecule has 1 N–H and O–H groups in total. The van der Waals surface area contributed by atoms with Gasteiger partial charge in [-0.05, 0) is 63.1 Å². The molecule has 144 valence electrons. The summed E-state index contributed by atoms with van der Waals surface area (Å²) < 4.78 is 6.08. The van der Waals surface area contributed by atoms with E-state index in [1.165, 1.54) is 5.56 Å². The average molecular weight is 379 g/mol. The number of hydrogen-bond donors (Lipinski definition) is 1. The summed E-state index contributed by atoms with van der Waals surface area (Å²) >= 11 is 0. The Labute approximate surface area is 163 Å². The molecule has 3 saturated heterocycles. The molecule has 3 heterocycles. The molecule has 2 unspecified atom stereocenters. The molecule has 1 amide bonds. The van der Waals surface area contributed by atoms with Gasteiger partial charge in [-0.3, -0.25) is 4.79 Å². The van der Waals surface area contributed by atoms with Crippen LogP contribution in [-0.4, -0.2) is 43.6 Å². The molecule has 1 aromatic rings. The van der Waals surface area contributed by atoms with Crippen molar-refractivity contribution in [3.05, 3.63) is 35.4 Å². The smallest absolute Gasteiger partial charge is 0.228 e. The van der Waals surface area contributed by atoms with Gasteiger partial charge < -0.3 is 15.0 Å². The number of nitrogens with zero attached hydrogens (tertiary/aromatic N) is 1. The molecule has 4 nitrogen and oxygen atoms in total. The van der Waals surface area contributed by atoms with E-state index in [9.17, 15) is 4.79 Å². The minimum Gasteiger partial charge on any atom is -0.373 e. The number of hydrogen-bond acceptors (Lipinski definition) is 3. The van der Waals surface area contributed by atoms with Crippen molar-refractivity contribution in [1.82, 2.24) is 10.2 Å². The lowest BCUT2D eigenvalue weighted by molar-refractivity contribution is -0.145. The molecule has 0 radical (unpaired) electrons. The van der Waals surface area contributed by atoms with Crippen molar-refractivity contribution in [2.75, 3.05) is 32.8 Å². The number of aryl methyl sites for hydroxylation is 1. The van der Waals surface area contributed by atoms with Crippen LogP contribution in [0.4, 0.5) is 0 Å². The Bertz CT molecular complexity index is 593. The largest absolute Gasteiger partial charge is 0.373 e. The van der Waals surface area contributed by atoms with Crippen LogP contribution in [-0.2, 0) is 9.53 Å². The normalized spacial score (nSPS) is 31.7. The Hall–Kier alpha value is -1.10. The van der Waals surface area contributed by atoms with Crippen molar-refractivity contribution in [1.29, 1.82) is 0 Å². The second-order valence-corrected chi connectivity index (χ2v) is 8.03. The molecule has 4 rings (SSSR count). The van der Waals surface area contributed by atoms with Gasteiger partial charge in [0.25, 0.3) is 0 Å². The molecule has 0 spiro atoms. The predicted molar refractivity (Wildman–Crippen MR) is 106 cm³/mol. The Morgan fingerprint density at radius 2 is 1.73 bits per heavy atom. The third kappa shape index (κ3) is 4.08. The molecule has 4 atom stereocenters. The van der Waals surface area contributed by atoms with E-state index in [1.54, 1.807) is 0 Å². The first kappa shape index (κ1) is 19.7. The Morgan fingerprint density at radius 3 is 2.38 bits per heavy atom. The molecule has 0 aliphatic carbocycles. The van der Waals surface area contributed by atoms with Crippen LogP contribution in [0.1, 0.15) is 42.9 Å². The van der Waals surface area contributed by atoms with E-state index in [-0.39, 0.29) is 24.4 Å². The van der Waals surface area contributed by atoms with E-state index in [1.807, 2.05) is 0 Å². The zero-order valence-corrected chi connectivity index (χ0v) is 16.5. The highest BCUT2D eigenvalue weighted by atomic mass is 35.5. The van der Waals surface area contributed by atoms with Crippen molar-refractivity contribution >= 4 is 18.3 Å². The summed E-state index contributed by atoms with van der Waals surface area (Å²) in [7, 11) is 0. The third-order valence-corrected chi connectivity index (χ3v) is 6.38. The molecular formula is C21H31ClN2O2. The van der Waals surface area contributed by atoms with E-state index < -0.39 is 0 Å². The van der Waals surface area contributed by atoms with Crippen LogP contribution in [0.25, 0.3) is 0 Å². The van der Waals surface area contributed by atoms with Crippen molar-refractivity contribution in [3.8, 4) is 0 Å². The lowest BCUT2D eigenvalue weighted by Gasteiger charge is -2.35. The van der Waals surface area contributed by atoms with Crippen LogP contribution in [0.3, 0.4) is 0 Å². The molecule has 1 aromatic carbocycles. The number of ether oxygens (including phenoxy) is 1. The molecule has 0 saturated carbocycles. The first-order valence-corrected chi connectivity index (χ1v) is 9.90. The van der Waals surface area contributed by atoms with Gasteiger partial charge in [-0.15, -0.1) is 12.4 Å². The van der Waals surface area contributed by atoms with E-state index in [0.717, 1.165) is 75.9 Å². The van der Waals surface area contributed by atoms with Gasteiger partial charge in [-0.1, -0.05) is 29.8 Å². The summed E-state index contributed by atoms with van der Waals surface area (Å²) in [4.78, 5) is 15.4. The second kappa shape index (κ2) is 8.73. The van der Waals surface area contributed by atoms with Crippen molar-refractivity contribution in [3.63, 3.8) is 0 Å². The maximum Gasteiger partial charge on any atom is 0.228 e. The third-order valence-electron chi connectivity index (χ3n) is 6.38. The standard InChI is InChI=1S/C21H30N2O2.ClH/c1-15-4-6-16(7-5-15)20-19(3-2-12-25-20)21(24)23-10-8-17-13-22-14-18(17)9-11-23;/h4-7,17-20,22H,2-3,8-14H2,1H3;1H/t17-,18+,19?,20?;. The Morgan fingerprint density at radius 1 is 1.08 bits per heavy atom. The quantitative estimate of drug-likeness (QED) is 0.858. The summed E-state index contributed by atoms with van der Waals surface area (Å²) in [5, 5.41) is 3.51. The van der Waals surface area contributed by atoms with E-state index in [4.69, 9.17) is 4.74 Å². The van der Waals surface area contributed by atoms with E-state index >= 15 is 0 Å². The van der Waals surface area contributed by atoms with E-state index in [2.05, 4.69) is 41.4 Å². The number of carbonyl (C=O) groups excluding carboxylic acids is 1. The number of fused-ring (bicyclic) bond motifs is 1. The molecule has 0 bridgehead atoms. The Balaban J connectivity index is 0.00000196. The fourth-order valence-electron chi connectivity index (χ4n) is 4.79. The van der Waals surface area contributed by atoms with Gasteiger partial charge in [0.05, 0.1) is 12.0 Å². The van der Waals surface area contributed by atoms with Gasteiger partial charge in [0.2, 0.25) is 5.91 Å². The highest BCUT2D eigenvalue weighted by Gasteiger charge is 2.38. The lowest BCUT2D eigenvalue weighted by atomic mass is 9.88. The average Bonchev–Trinajstić information content (AvgIpc) is 3.00. The molecular weight excluding hydrogens is 348 g/mol. The summed E-state index contributed by atoms with van der Waals surface area (Å²) in [5.41, 5.74) is 2.40. The van der Waals surface area contributed by atoms with Gasteiger partial charge in [-0.25, -0.2) is 0 Å². The fraction of sp³-hybridized carbons (Fsp3) is 0.667. The van der Waals surface area contributed by atoms with Crippen LogP contribution in [0, 0.1) is 24.7 Å². The molecule has 26 heavy (non-hydrogen) atoms. The maximum absolute atomic E-state index is 13.3. The number of halogens is 1. The number of rotatable bonds is 2. The van der Waals surface area contributed by atoms with Crippen LogP contribution in [0.5, 0.6) is 0 Å². The fourth-order valence-corrected chi connectivity index (χ4v) is 4.79. The first-order chi connectivity index (χ1) is 12.2. The first-order valence-electron chi connectivity index (χ1n) is 9.90. The highest BCUT2D eigenvalue weighted by Crippen LogP contribution is 2.36. The minimum atomic E-state index is -0.0775. The van der Waals surface area contributed by atoms with Crippen molar-refractivity contribution in [2.45, 2.75) is 38.7 Å². The minimum absolute atomic E-state index is 0. The zero-order valence-electron chi connectivity index (χ0n) is 15.7. The second-order valence-electron chi connectivity index (χ2n) is 8.03. The van der Waals surface area contributed by atoms with Crippen LogP contribution < -0.4 is 5.32 Å². The number of nitrogens with one attached hydrogen (secondary N) is 1. The van der Waals surface area contributed by atoms with Crippen molar-refractivity contribution in [2.24, 2.45) is 17.8 Å². The van der Waals surface area contributed by atoms with Crippen LogP contribution in [0.15, 0.2) is 24.3 Å². The zero-order chi connectivity index (χ0) is 17.2. The molecule has 0 aromatic heterocycles.